The first kappa shape index (κ1) is 11.4. The highest BCUT2D eigenvalue weighted by Gasteiger charge is 2.35. The molecule has 0 aromatic carbocycles. The van der Waals surface area contributed by atoms with Gasteiger partial charge in [-0.2, -0.15) is 0 Å². The highest BCUT2D eigenvalue weighted by atomic mass is 32.2. The van der Waals surface area contributed by atoms with Crippen LogP contribution in [0.15, 0.2) is 0 Å². The molecule has 1 heterocycles. The number of carboxylic acid groups (broad SMARTS) is 1. The fourth-order valence-electron chi connectivity index (χ4n) is 1.32. The molecule has 2 atom stereocenters. The van der Waals surface area contributed by atoms with Crippen LogP contribution in [-0.4, -0.2) is 39.6 Å². The van der Waals surface area contributed by atoms with Gasteiger partial charge in [-0.15, -0.1) is 11.8 Å². The smallest absolute Gasteiger partial charge is 0.327 e. The first-order valence-electron chi connectivity index (χ1n) is 4.69. The Hall–Kier alpha value is -0.710. The molecule has 0 spiro atoms. The number of thioether (sulfide) groups is 1. The molecule has 4 nitrogen and oxygen atoms in total. The van der Waals surface area contributed by atoms with Crippen LogP contribution in [0.5, 0.6) is 0 Å². The monoisotopic (exact) mass is 217 g/mol. The van der Waals surface area contributed by atoms with Crippen molar-refractivity contribution in [2.75, 3.05) is 11.6 Å². The number of carbonyl (C=O) groups excluding carboxylic acids is 1. The van der Waals surface area contributed by atoms with Gasteiger partial charge in [0.15, 0.2) is 0 Å². The predicted octanol–water partition coefficient (Wildman–Crippen LogP) is 1.02. The van der Waals surface area contributed by atoms with E-state index in [2.05, 4.69) is 0 Å². The summed E-state index contributed by atoms with van der Waals surface area (Å²) in [6, 6.07) is -0.624. The molecule has 1 fully saturated rings. The summed E-state index contributed by atoms with van der Waals surface area (Å²) in [5.74, 6) is 0.0181. The Balaban J connectivity index is 2.67. The molecule has 0 saturated carbocycles. The molecule has 0 aliphatic carbocycles. The molecule has 1 amide bonds. The van der Waals surface area contributed by atoms with Crippen molar-refractivity contribution in [2.24, 2.45) is 5.92 Å². The quantitative estimate of drug-likeness (QED) is 0.766. The molecule has 5 heteroatoms. The Labute approximate surface area is 87.7 Å². The molecule has 80 valence electrons. The third kappa shape index (κ3) is 2.20. The first-order valence-corrected chi connectivity index (χ1v) is 5.84. The zero-order chi connectivity index (χ0) is 10.7. The third-order valence-electron chi connectivity index (χ3n) is 2.48. The van der Waals surface area contributed by atoms with Crippen LogP contribution >= 0.6 is 11.8 Å². The van der Waals surface area contributed by atoms with Gasteiger partial charge in [-0.25, -0.2) is 4.79 Å². The molecular weight excluding hydrogens is 202 g/mol. The average Bonchev–Trinajstić information content (AvgIpc) is 2.63. The van der Waals surface area contributed by atoms with Gasteiger partial charge >= 0.3 is 5.97 Å². The van der Waals surface area contributed by atoms with Gasteiger partial charge in [0.05, 0.1) is 5.88 Å². The maximum atomic E-state index is 11.7. The third-order valence-corrected chi connectivity index (χ3v) is 3.50. The summed E-state index contributed by atoms with van der Waals surface area (Å²) >= 11 is 1.50. The Morgan fingerprint density at radius 3 is 2.79 bits per heavy atom. The summed E-state index contributed by atoms with van der Waals surface area (Å²) < 4.78 is 0. The number of rotatable bonds is 3. The van der Waals surface area contributed by atoms with E-state index >= 15 is 0 Å². The Morgan fingerprint density at radius 2 is 2.29 bits per heavy atom. The van der Waals surface area contributed by atoms with E-state index in [-0.39, 0.29) is 11.8 Å². The molecule has 0 aromatic heterocycles. The molecule has 14 heavy (non-hydrogen) atoms. The van der Waals surface area contributed by atoms with E-state index in [1.807, 2.05) is 13.8 Å². The average molecular weight is 217 g/mol. The van der Waals surface area contributed by atoms with Crippen LogP contribution in [0.4, 0.5) is 0 Å². The van der Waals surface area contributed by atoms with Crippen molar-refractivity contribution in [1.29, 1.82) is 0 Å². The number of amides is 1. The second-order valence-corrected chi connectivity index (χ2v) is 4.47. The lowest BCUT2D eigenvalue weighted by Crippen LogP contribution is -2.43. The lowest BCUT2D eigenvalue weighted by atomic mass is 10.1. The van der Waals surface area contributed by atoms with Crippen molar-refractivity contribution in [2.45, 2.75) is 26.3 Å². The van der Waals surface area contributed by atoms with Crippen molar-refractivity contribution in [1.82, 2.24) is 4.90 Å². The fraction of sp³-hybridized carbons (Fsp3) is 0.778. The molecule has 1 unspecified atom stereocenters. The van der Waals surface area contributed by atoms with E-state index < -0.39 is 12.0 Å². The minimum absolute atomic E-state index is 0.0371. The molecule has 0 aromatic rings. The second-order valence-electron chi connectivity index (χ2n) is 3.47. The van der Waals surface area contributed by atoms with Crippen LogP contribution < -0.4 is 0 Å². The van der Waals surface area contributed by atoms with E-state index in [1.165, 1.54) is 16.7 Å². The van der Waals surface area contributed by atoms with Gasteiger partial charge in [0.1, 0.15) is 6.04 Å². The summed E-state index contributed by atoms with van der Waals surface area (Å²) in [6.07, 6.45) is 0.756. The summed E-state index contributed by atoms with van der Waals surface area (Å²) in [4.78, 5) is 24.0. The predicted molar refractivity (Wildman–Crippen MR) is 55.0 cm³/mol. The topological polar surface area (TPSA) is 57.6 Å². The number of nitrogens with zero attached hydrogens (tertiary/aromatic N) is 1. The van der Waals surface area contributed by atoms with Crippen molar-refractivity contribution >= 4 is 23.6 Å². The Kier molecular flexibility index (Phi) is 3.80. The van der Waals surface area contributed by atoms with Gasteiger partial charge in [0.25, 0.3) is 0 Å². The van der Waals surface area contributed by atoms with Gasteiger partial charge in [0.2, 0.25) is 5.91 Å². The van der Waals surface area contributed by atoms with E-state index in [1.54, 1.807) is 0 Å². The van der Waals surface area contributed by atoms with E-state index in [0.717, 1.165) is 6.42 Å². The molecule has 1 N–H and O–H groups in total. The lowest BCUT2D eigenvalue weighted by Gasteiger charge is -2.23. The van der Waals surface area contributed by atoms with Gasteiger partial charge < -0.3 is 10.0 Å². The summed E-state index contributed by atoms with van der Waals surface area (Å²) in [6.45, 7) is 3.77. The van der Waals surface area contributed by atoms with Gasteiger partial charge in [-0.05, 0) is 6.42 Å². The molecular formula is C9H15NO3S. The first-order chi connectivity index (χ1) is 6.57. The standard InChI is InChI=1S/C9H15NO3S/c1-3-6(2)8(11)10-5-14-4-7(10)9(12)13/h6-7H,3-5H2,1-2H3,(H,12,13)/t6?,7-/m1/s1. The van der Waals surface area contributed by atoms with Gasteiger partial charge in [-0.1, -0.05) is 13.8 Å². The van der Waals surface area contributed by atoms with Crippen LogP contribution in [0.2, 0.25) is 0 Å². The number of hydrogen-bond acceptors (Lipinski definition) is 3. The summed E-state index contributed by atoms with van der Waals surface area (Å²) in [7, 11) is 0. The molecule has 1 rings (SSSR count). The van der Waals surface area contributed by atoms with Crippen LogP contribution in [0, 0.1) is 5.92 Å². The highest BCUT2D eigenvalue weighted by molar-refractivity contribution is 7.99. The number of carbonyl (C=O) groups is 2. The largest absolute Gasteiger partial charge is 0.480 e. The van der Waals surface area contributed by atoms with Crippen molar-refractivity contribution in [3.05, 3.63) is 0 Å². The van der Waals surface area contributed by atoms with E-state index in [9.17, 15) is 9.59 Å². The van der Waals surface area contributed by atoms with Gasteiger partial charge in [0, 0.05) is 11.7 Å². The molecule has 0 radical (unpaired) electrons. The normalized spacial score (nSPS) is 23.6. The summed E-state index contributed by atoms with van der Waals surface area (Å²) in [5, 5.41) is 8.88. The van der Waals surface area contributed by atoms with Crippen LogP contribution in [0.25, 0.3) is 0 Å². The molecule has 1 saturated heterocycles. The van der Waals surface area contributed by atoms with Crippen LogP contribution in [0.1, 0.15) is 20.3 Å². The Bertz CT molecular complexity index is 244. The number of carboxylic acids is 1. The maximum Gasteiger partial charge on any atom is 0.327 e. The van der Waals surface area contributed by atoms with Crippen molar-refractivity contribution in [3.8, 4) is 0 Å². The molecule has 0 bridgehead atoms. The fourth-order valence-corrected chi connectivity index (χ4v) is 2.48. The highest BCUT2D eigenvalue weighted by Crippen LogP contribution is 2.23. The SMILES string of the molecule is CCC(C)C(=O)N1CSC[C@@H]1C(=O)O. The number of hydrogen-bond donors (Lipinski definition) is 1. The van der Waals surface area contributed by atoms with Crippen LogP contribution in [0.3, 0.4) is 0 Å². The lowest BCUT2D eigenvalue weighted by molar-refractivity contribution is -0.149. The summed E-state index contributed by atoms with van der Waals surface area (Å²) in [5.41, 5.74) is 0. The minimum atomic E-state index is -0.897. The second kappa shape index (κ2) is 4.68. The zero-order valence-corrected chi connectivity index (χ0v) is 9.21. The number of aliphatic carboxylic acids is 1. The van der Waals surface area contributed by atoms with Gasteiger partial charge in [-0.3, -0.25) is 4.79 Å². The van der Waals surface area contributed by atoms with Crippen molar-refractivity contribution in [3.63, 3.8) is 0 Å². The van der Waals surface area contributed by atoms with Crippen molar-refractivity contribution < 1.29 is 14.7 Å². The molecule has 1 aliphatic rings. The minimum Gasteiger partial charge on any atom is -0.480 e. The van der Waals surface area contributed by atoms with E-state index in [4.69, 9.17) is 5.11 Å². The Morgan fingerprint density at radius 1 is 1.64 bits per heavy atom. The van der Waals surface area contributed by atoms with E-state index in [0.29, 0.717) is 11.6 Å². The van der Waals surface area contributed by atoms with Crippen LogP contribution in [-0.2, 0) is 9.59 Å². The maximum absolute atomic E-state index is 11.7. The molecule has 1 aliphatic heterocycles. The zero-order valence-electron chi connectivity index (χ0n) is 8.40.